The second kappa shape index (κ2) is 6.39. The van der Waals surface area contributed by atoms with Crippen molar-refractivity contribution in [1.29, 1.82) is 0 Å². The van der Waals surface area contributed by atoms with Crippen LogP contribution in [0, 0.1) is 0 Å². The van der Waals surface area contributed by atoms with Crippen LogP contribution in [0.3, 0.4) is 0 Å². The van der Waals surface area contributed by atoms with Crippen molar-refractivity contribution in [3.05, 3.63) is 42.0 Å². The summed E-state index contributed by atoms with van der Waals surface area (Å²) in [5, 5.41) is 11.1. The van der Waals surface area contributed by atoms with Gasteiger partial charge in [-0.2, -0.15) is 0 Å². The van der Waals surface area contributed by atoms with Crippen molar-refractivity contribution in [1.82, 2.24) is 0 Å². The van der Waals surface area contributed by atoms with E-state index in [0.717, 1.165) is 10.8 Å². The lowest BCUT2D eigenvalue weighted by Gasteiger charge is -2.18. The van der Waals surface area contributed by atoms with E-state index in [4.69, 9.17) is 9.47 Å². The Morgan fingerprint density at radius 3 is 2.70 bits per heavy atom. The molecule has 0 radical (unpaired) electrons. The SMILES string of the molecule is COCCC(C)Oc1c(C(=O)O)ccc2ccccc12. The van der Waals surface area contributed by atoms with E-state index in [0.29, 0.717) is 18.8 Å². The summed E-state index contributed by atoms with van der Waals surface area (Å²) in [6.07, 6.45) is 0.595. The summed E-state index contributed by atoms with van der Waals surface area (Å²) in [6.45, 7) is 2.49. The minimum atomic E-state index is -0.982. The molecular weight excluding hydrogens is 256 g/mol. The minimum Gasteiger partial charge on any atom is -0.489 e. The van der Waals surface area contributed by atoms with Crippen LogP contribution in [0.5, 0.6) is 5.75 Å². The van der Waals surface area contributed by atoms with Gasteiger partial charge < -0.3 is 14.6 Å². The first kappa shape index (κ1) is 14.3. The first-order valence-electron chi connectivity index (χ1n) is 6.54. The number of hydrogen-bond donors (Lipinski definition) is 1. The third kappa shape index (κ3) is 3.08. The third-order valence-corrected chi connectivity index (χ3v) is 3.16. The first-order chi connectivity index (χ1) is 9.63. The van der Waals surface area contributed by atoms with Gasteiger partial charge in [-0.25, -0.2) is 4.79 Å². The van der Waals surface area contributed by atoms with Crippen molar-refractivity contribution < 1.29 is 19.4 Å². The second-order valence-corrected chi connectivity index (χ2v) is 4.68. The highest BCUT2D eigenvalue weighted by Crippen LogP contribution is 2.31. The lowest BCUT2D eigenvalue weighted by Crippen LogP contribution is -2.16. The Morgan fingerprint density at radius 2 is 2.00 bits per heavy atom. The second-order valence-electron chi connectivity index (χ2n) is 4.68. The highest BCUT2D eigenvalue weighted by atomic mass is 16.5. The molecule has 106 valence electrons. The van der Waals surface area contributed by atoms with Crippen LogP contribution in [-0.4, -0.2) is 30.9 Å². The van der Waals surface area contributed by atoms with E-state index in [1.165, 1.54) is 0 Å². The smallest absolute Gasteiger partial charge is 0.339 e. The van der Waals surface area contributed by atoms with Gasteiger partial charge in [0, 0.05) is 25.5 Å². The molecular formula is C16H18O4. The Bertz CT molecular complexity index is 606. The van der Waals surface area contributed by atoms with Gasteiger partial charge >= 0.3 is 5.97 Å². The highest BCUT2D eigenvalue weighted by molar-refractivity contribution is 6.00. The van der Waals surface area contributed by atoms with E-state index in [1.807, 2.05) is 31.2 Å². The Morgan fingerprint density at radius 1 is 1.25 bits per heavy atom. The summed E-state index contributed by atoms with van der Waals surface area (Å²) in [4.78, 5) is 11.4. The van der Waals surface area contributed by atoms with Crippen molar-refractivity contribution in [2.75, 3.05) is 13.7 Å². The van der Waals surface area contributed by atoms with Gasteiger partial charge in [0.1, 0.15) is 11.3 Å². The number of hydrogen-bond acceptors (Lipinski definition) is 3. The largest absolute Gasteiger partial charge is 0.489 e. The van der Waals surface area contributed by atoms with Crippen LogP contribution in [-0.2, 0) is 4.74 Å². The fourth-order valence-electron chi connectivity index (χ4n) is 2.08. The van der Waals surface area contributed by atoms with Gasteiger partial charge in [-0.15, -0.1) is 0 Å². The topological polar surface area (TPSA) is 55.8 Å². The zero-order valence-corrected chi connectivity index (χ0v) is 11.6. The molecule has 2 rings (SSSR count). The Hall–Kier alpha value is -2.07. The van der Waals surface area contributed by atoms with E-state index in [1.54, 1.807) is 19.2 Å². The number of carboxylic acid groups (broad SMARTS) is 1. The molecule has 0 aliphatic rings. The monoisotopic (exact) mass is 274 g/mol. The lowest BCUT2D eigenvalue weighted by molar-refractivity contribution is 0.0688. The van der Waals surface area contributed by atoms with E-state index in [9.17, 15) is 9.90 Å². The van der Waals surface area contributed by atoms with Crippen LogP contribution < -0.4 is 4.74 Å². The number of fused-ring (bicyclic) bond motifs is 1. The fourth-order valence-corrected chi connectivity index (χ4v) is 2.08. The quantitative estimate of drug-likeness (QED) is 0.877. The fraction of sp³-hybridized carbons (Fsp3) is 0.312. The number of aromatic carboxylic acids is 1. The molecule has 0 aliphatic heterocycles. The Labute approximate surface area is 117 Å². The molecule has 0 spiro atoms. The van der Waals surface area contributed by atoms with Gasteiger partial charge in [-0.05, 0) is 18.4 Å². The number of methoxy groups -OCH3 is 1. The molecule has 2 aromatic carbocycles. The molecule has 0 saturated carbocycles. The molecule has 0 aliphatic carbocycles. The van der Waals surface area contributed by atoms with Crippen molar-refractivity contribution >= 4 is 16.7 Å². The van der Waals surface area contributed by atoms with Crippen LogP contribution in [0.25, 0.3) is 10.8 Å². The van der Waals surface area contributed by atoms with E-state index in [2.05, 4.69) is 0 Å². The van der Waals surface area contributed by atoms with Gasteiger partial charge in [0.15, 0.2) is 0 Å². The highest BCUT2D eigenvalue weighted by Gasteiger charge is 2.16. The maximum atomic E-state index is 11.4. The lowest BCUT2D eigenvalue weighted by atomic mass is 10.1. The molecule has 0 amide bonds. The number of rotatable bonds is 6. The van der Waals surface area contributed by atoms with Crippen LogP contribution >= 0.6 is 0 Å². The molecule has 0 saturated heterocycles. The standard InChI is InChI=1S/C16H18O4/c1-11(9-10-19-2)20-15-13-6-4-3-5-12(13)7-8-14(15)16(17)18/h3-8,11H,9-10H2,1-2H3,(H,17,18). The van der Waals surface area contributed by atoms with Gasteiger partial charge in [-0.3, -0.25) is 0 Å². The van der Waals surface area contributed by atoms with Gasteiger partial charge in [0.05, 0.1) is 6.10 Å². The number of carbonyl (C=O) groups is 1. The van der Waals surface area contributed by atoms with Crippen LogP contribution in [0.2, 0.25) is 0 Å². The van der Waals surface area contributed by atoms with Crippen molar-refractivity contribution in [2.45, 2.75) is 19.4 Å². The van der Waals surface area contributed by atoms with Crippen molar-refractivity contribution in [2.24, 2.45) is 0 Å². The predicted molar refractivity (Wildman–Crippen MR) is 77.5 cm³/mol. The van der Waals surface area contributed by atoms with Gasteiger partial charge in [0.2, 0.25) is 0 Å². The predicted octanol–water partition coefficient (Wildman–Crippen LogP) is 3.34. The molecule has 1 atom stereocenters. The number of benzene rings is 2. The normalized spacial score (nSPS) is 12.3. The summed E-state index contributed by atoms with van der Waals surface area (Å²) in [7, 11) is 1.63. The molecule has 0 aromatic heterocycles. The molecule has 0 bridgehead atoms. The third-order valence-electron chi connectivity index (χ3n) is 3.16. The summed E-state index contributed by atoms with van der Waals surface area (Å²) >= 11 is 0. The number of ether oxygens (including phenoxy) is 2. The Balaban J connectivity index is 2.41. The summed E-state index contributed by atoms with van der Waals surface area (Å²) in [5.74, 6) is -0.552. The molecule has 4 heteroatoms. The maximum Gasteiger partial charge on any atom is 0.339 e. The minimum absolute atomic E-state index is 0.112. The summed E-state index contributed by atoms with van der Waals surface area (Å²) < 4.78 is 10.9. The molecule has 4 nitrogen and oxygen atoms in total. The Kier molecular flexibility index (Phi) is 4.58. The molecule has 2 aromatic rings. The van der Waals surface area contributed by atoms with Crippen LogP contribution in [0.15, 0.2) is 36.4 Å². The molecule has 0 fully saturated rings. The first-order valence-corrected chi connectivity index (χ1v) is 6.54. The average molecular weight is 274 g/mol. The summed E-state index contributed by atoms with van der Waals surface area (Å²) in [5.41, 5.74) is 0.188. The zero-order valence-electron chi connectivity index (χ0n) is 11.6. The van der Waals surface area contributed by atoms with Crippen molar-refractivity contribution in [3.63, 3.8) is 0 Å². The maximum absolute atomic E-state index is 11.4. The van der Waals surface area contributed by atoms with E-state index < -0.39 is 5.97 Å². The summed E-state index contributed by atoms with van der Waals surface area (Å²) in [6, 6.07) is 11.0. The van der Waals surface area contributed by atoms with E-state index >= 15 is 0 Å². The number of carboxylic acids is 1. The average Bonchev–Trinajstić information content (AvgIpc) is 2.45. The van der Waals surface area contributed by atoms with E-state index in [-0.39, 0.29) is 11.7 Å². The van der Waals surface area contributed by atoms with Crippen molar-refractivity contribution in [3.8, 4) is 5.75 Å². The van der Waals surface area contributed by atoms with Crippen LogP contribution in [0.1, 0.15) is 23.7 Å². The van der Waals surface area contributed by atoms with Crippen LogP contribution in [0.4, 0.5) is 0 Å². The van der Waals surface area contributed by atoms with Gasteiger partial charge in [-0.1, -0.05) is 30.3 Å². The molecule has 1 N–H and O–H groups in total. The molecule has 0 heterocycles. The molecule has 1 unspecified atom stereocenters. The zero-order chi connectivity index (χ0) is 14.5. The van der Waals surface area contributed by atoms with Gasteiger partial charge in [0.25, 0.3) is 0 Å². The molecule has 20 heavy (non-hydrogen) atoms.